The van der Waals surface area contributed by atoms with Crippen molar-refractivity contribution in [3.63, 3.8) is 0 Å². The normalized spacial score (nSPS) is 12.4. The summed E-state index contributed by atoms with van der Waals surface area (Å²) < 4.78 is 9.09. The summed E-state index contributed by atoms with van der Waals surface area (Å²) in [6.07, 6.45) is 0.871. The SMILES string of the molecule is c1ccc(-c2cc3c4cc(C(Cc5cccc6ccccc56)c5ccc(-n6c7ccccc7c7ccccc76)cc5)ccc4oc3c3ccccc23)cc1. The van der Waals surface area contributed by atoms with Crippen molar-refractivity contribution in [3.8, 4) is 16.8 Å². The van der Waals surface area contributed by atoms with Crippen molar-refractivity contribution in [3.05, 3.63) is 211 Å². The third kappa shape index (κ3) is 4.88. The average Bonchev–Trinajstić information content (AvgIpc) is 3.78. The second-order valence-electron chi connectivity index (χ2n) is 14.4. The number of hydrogen-bond donors (Lipinski definition) is 0. The minimum Gasteiger partial charge on any atom is -0.455 e. The summed E-state index contributed by atoms with van der Waals surface area (Å²) in [5.41, 5.74) is 11.8. The van der Waals surface area contributed by atoms with Gasteiger partial charge in [-0.15, -0.1) is 0 Å². The fourth-order valence-corrected chi connectivity index (χ4v) is 8.86. The number of aromatic nitrogens is 1. The summed E-state index contributed by atoms with van der Waals surface area (Å²) >= 11 is 0. The van der Waals surface area contributed by atoms with Crippen molar-refractivity contribution < 1.29 is 4.42 Å². The average molecular weight is 690 g/mol. The van der Waals surface area contributed by atoms with E-state index in [1.165, 1.54) is 65.8 Å². The van der Waals surface area contributed by atoms with Crippen molar-refractivity contribution in [2.75, 3.05) is 0 Å². The van der Waals surface area contributed by atoms with Crippen LogP contribution in [0.1, 0.15) is 22.6 Å². The van der Waals surface area contributed by atoms with Gasteiger partial charge >= 0.3 is 0 Å². The van der Waals surface area contributed by atoms with E-state index < -0.39 is 0 Å². The van der Waals surface area contributed by atoms with E-state index >= 15 is 0 Å². The molecule has 0 aliphatic carbocycles. The Morgan fingerprint density at radius 3 is 1.80 bits per heavy atom. The summed E-state index contributed by atoms with van der Waals surface area (Å²) in [6.45, 7) is 0. The van der Waals surface area contributed by atoms with Gasteiger partial charge in [0.05, 0.1) is 11.0 Å². The fraction of sp³-hybridized carbons (Fsp3) is 0.0385. The van der Waals surface area contributed by atoms with Crippen LogP contribution in [0, 0.1) is 0 Å². The van der Waals surface area contributed by atoms with Gasteiger partial charge in [-0.2, -0.15) is 0 Å². The third-order valence-corrected chi connectivity index (χ3v) is 11.4. The highest BCUT2D eigenvalue weighted by molar-refractivity contribution is 6.19. The third-order valence-electron chi connectivity index (χ3n) is 11.4. The topological polar surface area (TPSA) is 18.1 Å². The van der Waals surface area contributed by atoms with Gasteiger partial charge in [0.15, 0.2) is 0 Å². The highest BCUT2D eigenvalue weighted by Crippen LogP contribution is 2.42. The molecule has 11 aromatic rings. The van der Waals surface area contributed by atoms with Gasteiger partial charge in [-0.25, -0.2) is 0 Å². The second kappa shape index (κ2) is 12.4. The molecule has 0 amide bonds. The predicted molar refractivity (Wildman–Crippen MR) is 227 cm³/mol. The molecule has 0 saturated heterocycles. The van der Waals surface area contributed by atoms with Crippen LogP contribution in [0.15, 0.2) is 199 Å². The Bertz CT molecular complexity index is 3130. The highest BCUT2D eigenvalue weighted by atomic mass is 16.3. The van der Waals surface area contributed by atoms with Gasteiger partial charge in [-0.3, -0.25) is 0 Å². The number of para-hydroxylation sites is 2. The first-order chi connectivity index (χ1) is 26.8. The minimum absolute atomic E-state index is 0.117. The van der Waals surface area contributed by atoms with Crippen molar-refractivity contribution in [2.24, 2.45) is 0 Å². The summed E-state index contributed by atoms with van der Waals surface area (Å²) in [7, 11) is 0. The molecular weight excluding hydrogens is 655 g/mol. The number of hydrogen-bond acceptors (Lipinski definition) is 1. The van der Waals surface area contributed by atoms with E-state index in [1.807, 2.05) is 0 Å². The summed E-state index contributed by atoms with van der Waals surface area (Å²) in [4.78, 5) is 0. The highest BCUT2D eigenvalue weighted by Gasteiger charge is 2.21. The zero-order chi connectivity index (χ0) is 35.6. The number of fused-ring (bicyclic) bond motifs is 9. The maximum absolute atomic E-state index is 6.70. The number of furan rings is 1. The molecule has 254 valence electrons. The summed E-state index contributed by atoms with van der Waals surface area (Å²) in [6, 6.07) is 70.7. The van der Waals surface area contributed by atoms with Gasteiger partial charge in [0, 0.05) is 38.5 Å². The molecule has 9 aromatic carbocycles. The zero-order valence-corrected chi connectivity index (χ0v) is 29.6. The largest absolute Gasteiger partial charge is 0.455 e. The smallest absolute Gasteiger partial charge is 0.143 e. The number of benzene rings is 9. The van der Waals surface area contributed by atoms with Crippen LogP contribution in [0.2, 0.25) is 0 Å². The van der Waals surface area contributed by atoms with E-state index in [0.29, 0.717) is 0 Å². The molecule has 54 heavy (non-hydrogen) atoms. The lowest BCUT2D eigenvalue weighted by molar-refractivity contribution is 0.672. The molecule has 0 radical (unpaired) electrons. The van der Waals surface area contributed by atoms with E-state index in [0.717, 1.165) is 39.4 Å². The maximum atomic E-state index is 6.70. The molecule has 0 aliphatic rings. The Morgan fingerprint density at radius 1 is 0.426 bits per heavy atom. The molecule has 1 unspecified atom stereocenters. The van der Waals surface area contributed by atoms with E-state index in [4.69, 9.17) is 4.42 Å². The molecule has 2 heteroatoms. The monoisotopic (exact) mass is 689 g/mol. The quantitative estimate of drug-likeness (QED) is 0.170. The molecule has 0 aliphatic heterocycles. The van der Waals surface area contributed by atoms with Crippen LogP contribution < -0.4 is 0 Å². The van der Waals surface area contributed by atoms with Crippen LogP contribution in [0.3, 0.4) is 0 Å². The maximum Gasteiger partial charge on any atom is 0.143 e. The van der Waals surface area contributed by atoms with Crippen LogP contribution in [0.4, 0.5) is 0 Å². The van der Waals surface area contributed by atoms with E-state index in [-0.39, 0.29) is 5.92 Å². The molecule has 0 fully saturated rings. The van der Waals surface area contributed by atoms with Crippen molar-refractivity contribution in [1.82, 2.24) is 4.57 Å². The molecule has 0 bridgehead atoms. The van der Waals surface area contributed by atoms with Gasteiger partial charge in [-0.1, -0.05) is 152 Å². The molecule has 11 rings (SSSR count). The lowest BCUT2D eigenvalue weighted by Gasteiger charge is -2.20. The Morgan fingerprint density at radius 2 is 1.04 bits per heavy atom. The first-order valence-corrected chi connectivity index (χ1v) is 18.8. The van der Waals surface area contributed by atoms with E-state index in [1.54, 1.807) is 0 Å². The lowest BCUT2D eigenvalue weighted by Crippen LogP contribution is -2.06. The van der Waals surface area contributed by atoms with E-state index in [9.17, 15) is 0 Å². The van der Waals surface area contributed by atoms with Gasteiger partial charge in [-0.05, 0) is 92.9 Å². The molecule has 0 N–H and O–H groups in total. The fourth-order valence-electron chi connectivity index (χ4n) is 8.86. The molecule has 0 saturated carbocycles. The Kier molecular flexibility index (Phi) is 7.03. The van der Waals surface area contributed by atoms with Crippen LogP contribution in [0.25, 0.3) is 82.1 Å². The van der Waals surface area contributed by atoms with Crippen molar-refractivity contribution >= 4 is 65.3 Å². The molecule has 2 aromatic heterocycles. The van der Waals surface area contributed by atoms with Crippen LogP contribution >= 0.6 is 0 Å². The predicted octanol–water partition coefficient (Wildman–Crippen LogP) is 14.0. The van der Waals surface area contributed by atoms with Gasteiger partial charge < -0.3 is 8.98 Å². The molecule has 2 heterocycles. The minimum atomic E-state index is 0.117. The van der Waals surface area contributed by atoms with Gasteiger partial charge in [0.25, 0.3) is 0 Å². The lowest BCUT2D eigenvalue weighted by atomic mass is 9.84. The molecule has 2 nitrogen and oxygen atoms in total. The number of rotatable bonds is 6. The van der Waals surface area contributed by atoms with Crippen molar-refractivity contribution in [1.29, 1.82) is 0 Å². The standard InChI is InChI=1S/C52H35NO/c1-2-13-35(14-3-1)46-33-48-47-32-38(27-30-51(47)54-52(48)44-22-7-6-19-41(44)46)45(31-37-17-12-16-34-15-4-5-18-40(34)37)36-25-28-39(29-26-36)53-49-23-10-8-20-42(49)43-21-9-11-24-50(43)53/h1-30,32-33,45H,31H2. The Balaban J connectivity index is 1.10. The Hall–Kier alpha value is -6.90. The number of nitrogens with zero attached hydrogens (tertiary/aromatic N) is 1. The van der Waals surface area contributed by atoms with Crippen LogP contribution in [-0.2, 0) is 6.42 Å². The van der Waals surface area contributed by atoms with Crippen LogP contribution in [0.5, 0.6) is 0 Å². The molecule has 0 spiro atoms. The Labute approximate surface area is 313 Å². The first-order valence-electron chi connectivity index (χ1n) is 18.8. The van der Waals surface area contributed by atoms with Gasteiger partial charge in [0.1, 0.15) is 11.2 Å². The molecular formula is C52H35NO. The summed E-state index contributed by atoms with van der Waals surface area (Å²) in [5.74, 6) is 0.117. The summed E-state index contributed by atoms with van der Waals surface area (Å²) in [5, 5.41) is 9.76. The molecule has 1 atom stereocenters. The second-order valence-corrected chi connectivity index (χ2v) is 14.4. The van der Waals surface area contributed by atoms with Crippen LogP contribution in [-0.4, -0.2) is 4.57 Å². The van der Waals surface area contributed by atoms with Gasteiger partial charge in [0.2, 0.25) is 0 Å². The van der Waals surface area contributed by atoms with E-state index in [2.05, 4.69) is 199 Å². The first kappa shape index (κ1) is 30.7. The van der Waals surface area contributed by atoms with Crippen molar-refractivity contribution in [2.45, 2.75) is 12.3 Å². The zero-order valence-electron chi connectivity index (χ0n) is 29.6.